The second kappa shape index (κ2) is 7.80. The summed E-state index contributed by atoms with van der Waals surface area (Å²) in [6, 6.07) is 11.9. The van der Waals surface area contributed by atoms with Crippen LogP contribution in [0.2, 0.25) is 0 Å². The topological polar surface area (TPSA) is 102 Å². The van der Waals surface area contributed by atoms with E-state index in [9.17, 15) is 18.0 Å². The predicted molar refractivity (Wildman–Crippen MR) is 93.3 cm³/mol. The molecule has 2 N–H and O–H groups in total. The molecule has 0 bridgehead atoms. The molecular formula is C17H18N2O5S. The van der Waals surface area contributed by atoms with Crippen LogP contribution in [0.3, 0.4) is 0 Å². The van der Waals surface area contributed by atoms with Crippen molar-refractivity contribution in [2.75, 3.05) is 18.4 Å². The molecule has 2 rings (SSSR count). The smallest absolute Gasteiger partial charge is 0.261 e. The summed E-state index contributed by atoms with van der Waals surface area (Å²) >= 11 is 0. The highest BCUT2D eigenvalue weighted by atomic mass is 32.2. The van der Waals surface area contributed by atoms with E-state index >= 15 is 0 Å². The van der Waals surface area contributed by atoms with Crippen LogP contribution in [0.15, 0.2) is 53.4 Å². The highest BCUT2D eigenvalue weighted by molar-refractivity contribution is 7.92. The molecule has 0 fully saturated rings. The maximum Gasteiger partial charge on any atom is 0.261 e. The van der Waals surface area contributed by atoms with Crippen LogP contribution in [0, 0.1) is 0 Å². The van der Waals surface area contributed by atoms with Crippen LogP contribution in [0.5, 0.6) is 5.75 Å². The first-order valence-corrected chi connectivity index (χ1v) is 8.87. The lowest BCUT2D eigenvalue weighted by atomic mass is 10.1. The van der Waals surface area contributed by atoms with Gasteiger partial charge in [-0.15, -0.1) is 0 Å². The minimum atomic E-state index is -3.80. The van der Waals surface area contributed by atoms with Crippen molar-refractivity contribution in [2.45, 2.75) is 11.8 Å². The maximum absolute atomic E-state index is 12.4. The normalized spacial score (nSPS) is 10.8. The van der Waals surface area contributed by atoms with Gasteiger partial charge in [0, 0.05) is 18.3 Å². The third-order valence-electron chi connectivity index (χ3n) is 3.30. The van der Waals surface area contributed by atoms with Crippen LogP contribution in [-0.2, 0) is 14.8 Å². The van der Waals surface area contributed by atoms with Crippen molar-refractivity contribution in [1.82, 2.24) is 5.32 Å². The molecule has 25 heavy (non-hydrogen) atoms. The van der Waals surface area contributed by atoms with Gasteiger partial charge < -0.3 is 10.1 Å². The van der Waals surface area contributed by atoms with Crippen molar-refractivity contribution in [3.8, 4) is 5.75 Å². The highest BCUT2D eigenvalue weighted by Crippen LogP contribution is 2.20. The van der Waals surface area contributed by atoms with Crippen LogP contribution in [0.25, 0.3) is 0 Å². The first kappa shape index (κ1) is 18.5. The Hall–Kier alpha value is -2.87. The van der Waals surface area contributed by atoms with E-state index in [0.29, 0.717) is 17.0 Å². The molecule has 0 radical (unpaired) electrons. The number of sulfonamides is 1. The number of hydrogen-bond acceptors (Lipinski definition) is 5. The Kier molecular flexibility index (Phi) is 5.76. The second-order valence-electron chi connectivity index (χ2n) is 5.18. The minimum absolute atomic E-state index is 0.0352. The average Bonchev–Trinajstić information content (AvgIpc) is 2.59. The fourth-order valence-electron chi connectivity index (χ4n) is 1.95. The van der Waals surface area contributed by atoms with Gasteiger partial charge in [0.05, 0.1) is 4.90 Å². The molecule has 0 atom stereocenters. The Morgan fingerprint density at radius 3 is 2.36 bits per heavy atom. The minimum Gasteiger partial charge on any atom is -0.484 e. The molecule has 0 unspecified atom stereocenters. The number of amides is 1. The van der Waals surface area contributed by atoms with E-state index < -0.39 is 10.0 Å². The van der Waals surface area contributed by atoms with Gasteiger partial charge in [-0.25, -0.2) is 8.42 Å². The van der Waals surface area contributed by atoms with Gasteiger partial charge in [-0.2, -0.15) is 0 Å². The molecule has 0 aliphatic rings. The molecule has 0 aliphatic heterocycles. The first-order chi connectivity index (χ1) is 11.8. The third kappa shape index (κ3) is 5.05. The van der Waals surface area contributed by atoms with Crippen molar-refractivity contribution < 1.29 is 22.7 Å². The Bertz CT molecular complexity index is 876. The zero-order chi connectivity index (χ0) is 18.4. The van der Waals surface area contributed by atoms with Crippen LogP contribution < -0.4 is 14.8 Å². The van der Waals surface area contributed by atoms with Crippen LogP contribution >= 0.6 is 0 Å². The van der Waals surface area contributed by atoms with Gasteiger partial charge in [0.1, 0.15) is 5.75 Å². The molecular weight excluding hydrogens is 344 g/mol. The zero-order valence-electron chi connectivity index (χ0n) is 13.8. The Morgan fingerprint density at radius 2 is 1.76 bits per heavy atom. The molecule has 0 saturated heterocycles. The summed E-state index contributed by atoms with van der Waals surface area (Å²) in [6.45, 7) is 1.25. The van der Waals surface area contributed by atoms with Crippen LogP contribution in [-0.4, -0.2) is 33.8 Å². The van der Waals surface area contributed by atoms with E-state index in [1.54, 1.807) is 18.2 Å². The molecule has 8 heteroatoms. The second-order valence-corrected chi connectivity index (χ2v) is 6.86. The lowest BCUT2D eigenvalue weighted by Crippen LogP contribution is -2.24. The summed E-state index contributed by atoms with van der Waals surface area (Å²) < 4.78 is 32.5. The number of rotatable bonds is 7. The SMILES string of the molecule is CNC(=O)COc1ccc(S(=O)(=O)Nc2cccc(C(C)=O)c2)cc1. The largest absolute Gasteiger partial charge is 0.484 e. The molecule has 1 amide bonds. The number of hydrogen-bond donors (Lipinski definition) is 2. The third-order valence-corrected chi connectivity index (χ3v) is 4.70. The van der Waals surface area contributed by atoms with E-state index in [0.717, 1.165) is 0 Å². The summed E-state index contributed by atoms with van der Waals surface area (Å²) in [7, 11) is -2.31. The molecule has 0 aromatic heterocycles. The fourth-order valence-corrected chi connectivity index (χ4v) is 3.00. The highest BCUT2D eigenvalue weighted by Gasteiger charge is 2.15. The molecule has 132 valence electrons. The van der Waals surface area contributed by atoms with E-state index in [4.69, 9.17) is 4.74 Å². The van der Waals surface area contributed by atoms with Crippen molar-refractivity contribution in [2.24, 2.45) is 0 Å². The molecule has 0 aliphatic carbocycles. The number of carbonyl (C=O) groups is 2. The number of ketones is 1. The number of Topliss-reactive ketones (excluding diaryl/α,β-unsaturated/α-hetero) is 1. The van der Waals surface area contributed by atoms with E-state index in [-0.39, 0.29) is 23.2 Å². The lowest BCUT2D eigenvalue weighted by molar-refractivity contribution is -0.122. The number of nitrogens with one attached hydrogen (secondary N) is 2. The van der Waals surface area contributed by atoms with E-state index in [1.807, 2.05) is 0 Å². The predicted octanol–water partition coefficient (Wildman–Crippen LogP) is 1.81. The maximum atomic E-state index is 12.4. The van der Waals surface area contributed by atoms with Gasteiger partial charge in [-0.3, -0.25) is 14.3 Å². The summed E-state index contributed by atoms with van der Waals surface area (Å²) in [6.07, 6.45) is 0. The number of benzene rings is 2. The Labute approximate surface area is 146 Å². The molecule has 2 aromatic rings. The summed E-state index contributed by atoms with van der Waals surface area (Å²) in [5.74, 6) is -0.0662. The molecule has 7 nitrogen and oxygen atoms in total. The average molecular weight is 362 g/mol. The lowest BCUT2D eigenvalue weighted by Gasteiger charge is -2.10. The fraction of sp³-hybridized carbons (Fsp3) is 0.176. The van der Waals surface area contributed by atoms with Crippen molar-refractivity contribution >= 4 is 27.4 Å². The van der Waals surface area contributed by atoms with E-state index in [1.165, 1.54) is 44.3 Å². The molecule has 2 aromatic carbocycles. The molecule has 0 spiro atoms. The summed E-state index contributed by atoms with van der Waals surface area (Å²) in [5.41, 5.74) is 0.714. The van der Waals surface area contributed by atoms with Gasteiger partial charge in [0.15, 0.2) is 12.4 Å². The first-order valence-electron chi connectivity index (χ1n) is 7.39. The van der Waals surface area contributed by atoms with Gasteiger partial charge in [0.25, 0.3) is 15.9 Å². The zero-order valence-corrected chi connectivity index (χ0v) is 14.6. The van der Waals surface area contributed by atoms with Crippen molar-refractivity contribution in [3.05, 3.63) is 54.1 Å². The van der Waals surface area contributed by atoms with Gasteiger partial charge in [-0.1, -0.05) is 12.1 Å². The Morgan fingerprint density at radius 1 is 1.08 bits per heavy atom. The number of carbonyl (C=O) groups excluding carboxylic acids is 2. The van der Waals surface area contributed by atoms with Crippen LogP contribution in [0.4, 0.5) is 5.69 Å². The number of anilines is 1. The quantitative estimate of drug-likeness (QED) is 0.732. The summed E-state index contributed by atoms with van der Waals surface area (Å²) in [5, 5.41) is 2.42. The standard InChI is InChI=1S/C17H18N2O5S/c1-12(20)13-4-3-5-14(10-13)19-25(22,23)16-8-6-15(7-9-16)24-11-17(21)18-2/h3-10,19H,11H2,1-2H3,(H,18,21). The summed E-state index contributed by atoms with van der Waals surface area (Å²) in [4.78, 5) is 22.5. The number of ether oxygens (including phenoxy) is 1. The van der Waals surface area contributed by atoms with Gasteiger partial charge in [-0.05, 0) is 43.3 Å². The van der Waals surface area contributed by atoms with E-state index in [2.05, 4.69) is 10.0 Å². The van der Waals surface area contributed by atoms with Crippen LogP contribution in [0.1, 0.15) is 17.3 Å². The van der Waals surface area contributed by atoms with Crippen molar-refractivity contribution in [1.29, 1.82) is 0 Å². The van der Waals surface area contributed by atoms with Crippen molar-refractivity contribution in [3.63, 3.8) is 0 Å². The Balaban J connectivity index is 2.12. The molecule has 0 saturated carbocycles. The van der Waals surface area contributed by atoms with Gasteiger partial charge >= 0.3 is 0 Å². The number of likely N-dealkylation sites (N-methyl/N-ethyl adjacent to an activating group) is 1. The molecule has 0 heterocycles. The van der Waals surface area contributed by atoms with Gasteiger partial charge in [0.2, 0.25) is 0 Å². The monoisotopic (exact) mass is 362 g/mol.